The van der Waals surface area contributed by atoms with Gasteiger partial charge in [0.25, 0.3) is 5.91 Å². The van der Waals surface area contributed by atoms with Crippen molar-refractivity contribution in [1.29, 1.82) is 0 Å². The Morgan fingerprint density at radius 2 is 1.97 bits per heavy atom. The molecule has 1 aromatic carbocycles. The van der Waals surface area contributed by atoms with Gasteiger partial charge in [-0.25, -0.2) is 4.98 Å². The number of hydrogen-bond acceptors (Lipinski definition) is 8. The summed E-state index contributed by atoms with van der Waals surface area (Å²) < 4.78 is 8.13. The quantitative estimate of drug-likeness (QED) is 0.436. The number of carbonyl (C=O) groups excluding carboxylic acids is 2. The van der Waals surface area contributed by atoms with Crippen LogP contribution in [-0.2, 0) is 11.3 Å². The summed E-state index contributed by atoms with van der Waals surface area (Å²) in [6, 6.07) is 5.97. The van der Waals surface area contributed by atoms with Crippen LogP contribution in [0.5, 0.6) is 5.75 Å². The maximum atomic E-state index is 12.5. The van der Waals surface area contributed by atoms with Crippen LogP contribution in [0, 0.1) is 20.8 Å². The number of rotatable bonds is 9. The molecule has 182 valence electrons. The van der Waals surface area contributed by atoms with E-state index in [4.69, 9.17) is 4.74 Å². The molecule has 34 heavy (non-hydrogen) atoms. The molecule has 0 aliphatic carbocycles. The van der Waals surface area contributed by atoms with Crippen molar-refractivity contribution in [3.8, 4) is 5.75 Å². The number of ether oxygens (including phenoxy) is 1. The van der Waals surface area contributed by atoms with Gasteiger partial charge in [0.1, 0.15) is 10.6 Å². The molecule has 0 saturated heterocycles. The number of nitrogens with zero attached hydrogens (tertiary/aromatic N) is 5. The summed E-state index contributed by atoms with van der Waals surface area (Å²) in [6.45, 7) is 10.4. The maximum Gasteiger partial charge on any atom is 0.265 e. The van der Waals surface area contributed by atoms with E-state index >= 15 is 0 Å². The molecule has 2 heterocycles. The number of amides is 2. The van der Waals surface area contributed by atoms with E-state index in [2.05, 4.69) is 33.5 Å². The highest BCUT2D eigenvalue weighted by atomic mass is 32.2. The monoisotopic (exact) mass is 502 g/mol. The molecule has 0 radical (unpaired) electrons. The number of aryl methyl sites for hydroxylation is 2. The van der Waals surface area contributed by atoms with E-state index in [0.717, 1.165) is 16.9 Å². The Morgan fingerprint density at radius 3 is 2.65 bits per heavy atom. The summed E-state index contributed by atoms with van der Waals surface area (Å²) in [4.78, 5) is 31.0. The first-order valence-corrected chi connectivity index (χ1v) is 12.7. The van der Waals surface area contributed by atoms with Crippen LogP contribution in [0.3, 0.4) is 0 Å². The normalized spacial score (nSPS) is 11.9. The van der Waals surface area contributed by atoms with Crippen molar-refractivity contribution < 1.29 is 14.3 Å². The molecular formula is C23H30N6O3S2. The molecule has 2 amide bonds. The first kappa shape index (κ1) is 25.7. The molecule has 0 aliphatic rings. The number of carbonyl (C=O) groups is 2. The van der Waals surface area contributed by atoms with E-state index in [1.807, 2.05) is 37.5 Å². The van der Waals surface area contributed by atoms with Crippen molar-refractivity contribution in [2.24, 2.45) is 0 Å². The lowest BCUT2D eigenvalue weighted by Gasteiger charge is -2.17. The van der Waals surface area contributed by atoms with Crippen molar-refractivity contribution in [3.05, 3.63) is 45.7 Å². The summed E-state index contributed by atoms with van der Waals surface area (Å²) in [5, 5.41) is 12.4. The van der Waals surface area contributed by atoms with E-state index in [9.17, 15) is 9.59 Å². The number of anilines is 1. The van der Waals surface area contributed by atoms with Gasteiger partial charge in [-0.3, -0.25) is 9.59 Å². The molecular weight excluding hydrogens is 472 g/mol. The summed E-state index contributed by atoms with van der Waals surface area (Å²) in [5.74, 6) is 1.30. The maximum absolute atomic E-state index is 12.5. The van der Waals surface area contributed by atoms with Crippen LogP contribution in [-0.4, -0.2) is 56.3 Å². The Bertz CT molecular complexity index is 1190. The second-order valence-corrected chi connectivity index (χ2v) is 9.95. The van der Waals surface area contributed by atoms with Crippen LogP contribution in [0.2, 0.25) is 0 Å². The minimum absolute atomic E-state index is 0.134. The topological polar surface area (TPSA) is 102 Å². The Balaban J connectivity index is 1.64. The van der Waals surface area contributed by atoms with Crippen LogP contribution in [0.15, 0.2) is 23.4 Å². The summed E-state index contributed by atoms with van der Waals surface area (Å²) in [6.07, 6.45) is -0.304. The standard InChI is InChI=1S/C23H30N6O3S2/c1-8-29-20(16(5)32-17-11-9-10-13(2)14(17)3)26-27-23(29)33-12-18(30)25-22-24-15(4)19(34-22)21(31)28(6)7/h9-11,16H,8,12H2,1-7H3,(H,24,25,30). The van der Waals surface area contributed by atoms with E-state index in [-0.39, 0.29) is 23.7 Å². The van der Waals surface area contributed by atoms with Gasteiger partial charge in [-0.2, -0.15) is 0 Å². The van der Waals surface area contributed by atoms with Gasteiger partial charge in [0.15, 0.2) is 22.2 Å². The molecule has 2 aromatic heterocycles. The lowest BCUT2D eigenvalue weighted by atomic mass is 10.1. The van der Waals surface area contributed by atoms with Gasteiger partial charge in [0, 0.05) is 20.6 Å². The van der Waals surface area contributed by atoms with Crippen molar-refractivity contribution in [1.82, 2.24) is 24.6 Å². The van der Waals surface area contributed by atoms with Gasteiger partial charge >= 0.3 is 0 Å². The predicted molar refractivity (Wildman–Crippen MR) is 135 cm³/mol. The lowest BCUT2D eigenvalue weighted by Crippen LogP contribution is -2.21. The predicted octanol–water partition coefficient (Wildman–Crippen LogP) is 4.25. The fraction of sp³-hybridized carbons (Fsp3) is 0.435. The minimum atomic E-state index is -0.304. The second-order valence-electron chi connectivity index (χ2n) is 8.01. The van der Waals surface area contributed by atoms with Crippen molar-refractivity contribution in [2.75, 3.05) is 25.2 Å². The Morgan fingerprint density at radius 1 is 1.24 bits per heavy atom. The van der Waals surface area contributed by atoms with Crippen molar-refractivity contribution in [3.63, 3.8) is 0 Å². The molecule has 3 aromatic rings. The molecule has 0 fully saturated rings. The molecule has 1 atom stereocenters. The molecule has 0 saturated carbocycles. The number of hydrogen-bond donors (Lipinski definition) is 1. The Hall–Kier alpha value is -2.92. The fourth-order valence-electron chi connectivity index (χ4n) is 3.24. The SMILES string of the molecule is CCn1c(SCC(=O)Nc2nc(C)c(C(=O)N(C)C)s2)nnc1C(C)Oc1cccc(C)c1C. The smallest absolute Gasteiger partial charge is 0.265 e. The van der Waals surface area contributed by atoms with Crippen molar-refractivity contribution >= 4 is 40.0 Å². The van der Waals surface area contributed by atoms with Gasteiger partial charge < -0.3 is 19.5 Å². The largest absolute Gasteiger partial charge is 0.482 e. The second kappa shape index (κ2) is 11.0. The summed E-state index contributed by atoms with van der Waals surface area (Å²) in [5.41, 5.74) is 2.86. The van der Waals surface area contributed by atoms with Crippen LogP contribution in [0.25, 0.3) is 0 Å². The molecule has 11 heteroatoms. The van der Waals surface area contributed by atoms with Crippen molar-refractivity contribution in [2.45, 2.75) is 52.4 Å². The zero-order valence-corrected chi connectivity index (χ0v) is 22.1. The van der Waals surface area contributed by atoms with E-state index in [1.165, 1.54) is 28.0 Å². The molecule has 1 N–H and O–H groups in total. The van der Waals surface area contributed by atoms with Crippen LogP contribution < -0.4 is 10.1 Å². The van der Waals surface area contributed by atoms with E-state index in [0.29, 0.717) is 33.2 Å². The fourth-order valence-corrected chi connectivity index (χ4v) is 5.05. The van der Waals surface area contributed by atoms with Crippen LogP contribution >= 0.6 is 23.1 Å². The highest BCUT2D eigenvalue weighted by molar-refractivity contribution is 7.99. The molecule has 0 bridgehead atoms. The third-order valence-electron chi connectivity index (χ3n) is 5.26. The molecule has 0 aliphatic heterocycles. The Labute approximate surface area is 207 Å². The third kappa shape index (κ3) is 5.76. The van der Waals surface area contributed by atoms with Gasteiger partial charge in [-0.1, -0.05) is 35.2 Å². The number of thiazole rings is 1. The Kier molecular flexibility index (Phi) is 8.32. The minimum Gasteiger partial charge on any atom is -0.482 e. The van der Waals surface area contributed by atoms with E-state index in [1.54, 1.807) is 21.0 Å². The average molecular weight is 503 g/mol. The molecule has 1 unspecified atom stereocenters. The van der Waals surface area contributed by atoms with Gasteiger partial charge in [0.05, 0.1) is 11.4 Å². The third-order valence-corrected chi connectivity index (χ3v) is 7.29. The average Bonchev–Trinajstić information content (AvgIpc) is 3.37. The number of aromatic nitrogens is 4. The summed E-state index contributed by atoms with van der Waals surface area (Å²) >= 11 is 2.47. The zero-order chi connectivity index (χ0) is 25.0. The zero-order valence-electron chi connectivity index (χ0n) is 20.5. The number of thioether (sulfide) groups is 1. The van der Waals surface area contributed by atoms with Crippen LogP contribution in [0.4, 0.5) is 5.13 Å². The first-order chi connectivity index (χ1) is 16.1. The summed E-state index contributed by atoms with van der Waals surface area (Å²) in [7, 11) is 3.37. The first-order valence-electron chi connectivity index (χ1n) is 10.9. The molecule has 9 nitrogen and oxygen atoms in total. The molecule has 0 spiro atoms. The van der Waals surface area contributed by atoms with E-state index < -0.39 is 0 Å². The van der Waals surface area contributed by atoms with Crippen LogP contribution in [0.1, 0.15) is 52.3 Å². The highest BCUT2D eigenvalue weighted by Crippen LogP contribution is 2.28. The van der Waals surface area contributed by atoms with Gasteiger partial charge in [0.2, 0.25) is 5.91 Å². The highest BCUT2D eigenvalue weighted by Gasteiger charge is 2.21. The number of nitrogens with one attached hydrogen (secondary N) is 1. The van der Waals surface area contributed by atoms with Gasteiger partial charge in [-0.15, -0.1) is 10.2 Å². The number of benzene rings is 1. The molecule has 3 rings (SSSR count). The lowest BCUT2D eigenvalue weighted by molar-refractivity contribution is -0.113. The van der Waals surface area contributed by atoms with Gasteiger partial charge in [-0.05, 0) is 51.8 Å².